The molecule has 22 heavy (non-hydrogen) atoms. The van der Waals surface area contributed by atoms with E-state index in [1.807, 2.05) is 42.5 Å². The molecule has 0 amide bonds. The molecule has 4 aromatic rings. The highest BCUT2D eigenvalue weighted by molar-refractivity contribution is 7.20. The highest BCUT2D eigenvalue weighted by atomic mass is 32.1. The summed E-state index contributed by atoms with van der Waals surface area (Å²) in [5.74, 6) is 0.490. The quantitative estimate of drug-likeness (QED) is 0.589. The summed E-state index contributed by atoms with van der Waals surface area (Å²) in [5, 5.41) is 2.03. The highest BCUT2D eigenvalue weighted by Crippen LogP contribution is 2.32. The normalized spacial score (nSPS) is 11.6. The summed E-state index contributed by atoms with van der Waals surface area (Å²) in [6, 6.07) is 18.2. The van der Waals surface area contributed by atoms with E-state index in [1.54, 1.807) is 11.3 Å². The Morgan fingerprint density at radius 1 is 0.864 bits per heavy atom. The molecule has 0 bridgehead atoms. The molecule has 2 heterocycles. The van der Waals surface area contributed by atoms with Crippen LogP contribution in [-0.2, 0) is 0 Å². The van der Waals surface area contributed by atoms with E-state index in [9.17, 15) is 0 Å². The van der Waals surface area contributed by atoms with Crippen molar-refractivity contribution in [2.75, 3.05) is 5.73 Å². The van der Waals surface area contributed by atoms with Crippen molar-refractivity contribution < 1.29 is 0 Å². The van der Waals surface area contributed by atoms with Crippen molar-refractivity contribution in [3.8, 4) is 0 Å². The minimum absolute atomic E-state index is 0.490. The molecule has 0 aliphatic rings. The molecule has 2 aromatic carbocycles. The summed E-state index contributed by atoms with van der Waals surface area (Å²) < 4.78 is 1.09. The summed E-state index contributed by atoms with van der Waals surface area (Å²) in [4.78, 5) is 9.05. The van der Waals surface area contributed by atoms with E-state index in [0.29, 0.717) is 5.82 Å². The second-order valence-corrected chi connectivity index (χ2v) is 6.02. The molecule has 106 valence electrons. The average Bonchev–Trinajstić information content (AvgIpc) is 2.99. The number of rotatable bonds is 2. The predicted molar refractivity (Wildman–Crippen MR) is 94.7 cm³/mol. The minimum Gasteiger partial charge on any atom is -0.382 e. The van der Waals surface area contributed by atoms with Gasteiger partial charge in [0.15, 0.2) is 5.82 Å². The third kappa shape index (κ3) is 2.23. The second kappa shape index (κ2) is 5.24. The topological polar surface area (TPSA) is 51.8 Å². The number of fused-ring (bicyclic) bond motifs is 3. The van der Waals surface area contributed by atoms with Crippen LogP contribution >= 0.6 is 11.3 Å². The molecular formula is C18H13N3S. The van der Waals surface area contributed by atoms with Gasteiger partial charge in [-0.3, -0.25) is 0 Å². The van der Waals surface area contributed by atoms with Crippen molar-refractivity contribution in [2.24, 2.45) is 0 Å². The van der Waals surface area contributed by atoms with Crippen LogP contribution in [0.5, 0.6) is 0 Å². The Hall–Kier alpha value is -2.72. The maximum absolute atomic E-state index is 6.05. The van der Waals surface area contributed by atoms with Crippen molar-refractivity contribution in [3.05, 3.63) is 65.2 Å². The first-order chi connectivity index (χ1) is 10.8. The number of thiazole rings is 1. The second-order valence-electron chi connectivity index (χ2n) is 4.99. The average molecular weight is 303 g/mol. The number of pyridine rings is 1. The molecule has 3 nitrogen and oxygen atoms in total. The lowest BCUT2D eigenvalue weighted by molar-refractivity contribution is 1.39. The summed E-state index contributed by atoms with van der Waals surface area (Å²) in [5.41, 5.74) is 8.90. The number of benzene rings is 2. The molecule has 0 radical (unpaired) electrons. The van der Waals surface area contributed by atoms with Crippen LogP contribution in [-0.4, -0.2) is 9.97 Å². The Morgan fingerprint density at radius 2 is 1.64 bits per heavy atom. The Morgan fingerprint density at radius 3 is 2.50 bits per heavy atom. The molecule has 0 saturated heterocycles. The lowest BCUT2D eigenvalue weighted by Crippen LogP contribution is -1.92. The molecule has 0 aliphatic heterocycles. The van der Waals surface area contributed by atoms with E-state index in [1.165, 1.54) is 0 Å². The van der Waals surface area contributed by atoms with Crippen molar-refractivity contribution >= 4 is 50.4 Å². The summed E-state index contributed by atoms with van der Waals surface area (Å²) >= 11 is 1.64. The zero-order valence-electron chi connectivity index (χ0n) is 11.7. The Bertz CT molecular complexity index is 987. The van der Waals surface area contributed by atoms with Crippen LogP contribution in [0.4, 0.5) is 5.82 Å². The van der Waals surface area contributed by atoms with Crippen LogP contribution in [0.1, 0.15) is 10.6 Å². The van der Waals surface area contributed by atoms with Crippen LogP contribution in [0.2, 0.25) is 0 Å². The number of aromatic nitrogens is 2. The molecule has 2 aromatic heterocycles. The van der Waals surface area contributed by atoms with E-state index in [2.05, 4.69) is 34.2 Å². The molecule has 4 heteroatoms. The molecular weight excluding hydrogens is 290 g/mol. The van der Waals surface area contributed by atoms with E-state index in [-0.39, 0.29) is 0 Å². The monoisotopic (exact) mass is 303 g/mol. The van der Waals surface area contributed by atoms with E-state index in [0.717, 1.165) is 31.7 Å². The van der Waals surface area contributed by atoms with Crippen LogP contribution in [0, 0.1) is 0 Å². The standard InChI is InChI=1S/C18H13N3S/c19-18-16-17(13-8-4-5-9-14(13)20-18)22-15(21-16)11-10-12-6-2-1-3-7-12/h1-11H,(H2,19,20). The first-order valence-electron chi connectivity index (χ1n) is 6.99. The van der Waals surface area contributed by atoms with Gasteiger partial charge >= 0.3 is 0 Å². The molecule has 0 atom stereocenters. The number of hydrogen-bond acceptors (Lipinski definition) is 4. The van der Waals surface area contributed by atoms with E-state index in [4.69, 9.17) is 5.73 Å². The fourth-order valence-corrected chi connectivity index (χ4v) is 3.45. The van der Waals surface area contributed by atoms with Crippen LogP contribution in [0.15, 0.2) is 54.6 Å². The van der Waals surface area contributed by atoms with Gasteiger partial charge < -0.3 is 5.73 Å². The van der Waals surface area contributed by atoms with Gasteiger partial charge in [0.05, 0.1) is 10.2 Å². The SMILES string of the molecule is Nc1nc2ccccc2c2sc(C=Cc3ccccc3)nc12. The molecule has 0 spiro atoms. The Kier molecular flexibility index (Phi) is 3.09. The van der Waals surface area contributed by atoms with Crippen LogP contribution in [0.3, 0.4) is 0 Å². The third-order valence-corrected chi connectivity index (χ3v) is 4.55. The first kappa shape index (κ1) is 13.0. The smallest absolute Gasteiger partial charge is 0.151 e. The number of nitrogens with zero attached hydrogens (tertiary/aromatic N) is 2. The van der Waals surface area contributed by atoms with Crippen molar-refractivity contribution in [2.45, 2.75) is 0 Å². The van der Waals surface area contributed by atoms with Gasteiger partial charge in [-0.25, -0.2) is 9.97 Å². The largest absolute Gasteiger partial charge is 0.382 e. The van der Waals surface area contributed by atoms with Gasteiger partial charge in [-0.1, -0.05) is 54.6 Å². The summed E-state index contributed by atoms with van der Waals surface area (Å²) in [7, 11) is 0. The summed E-state index contributed by atoms with van der Waals surface area (Å²) in [6.45, 7) is 0. The van der Waals surface area contributed by atoms with Crippen LogP contribution < -0.4 is 5.73 Å². The van der Waals surface area contributed by atoms with Crippen molar-refractivity contribution in [1.82, 2.24) is 9.97 Å². The maximum atomic E-state index is 6.05. The zero-order valence-corrected chi connectivity index (χ0v) is 12.5. The van der Waals surface area contributed by atoms with Crippen LogP contribution in [0.25, 0.3) is 33.3 Å². The van der Waals surface area contributed by atoms with E-state index >= 15 is 0 Å². The molecule has 0 saturated carbocycles. The van der Waals surface area contributed by atoms with Gasteiger partial charge in [0.1, 0.15) is 10.5 Å². The Balaban J connectivity index is 1.85. The van der Waals surface area contributed by atoms with Crippen molar-refractivity contribution in [3.63, 3.8) is 0 Å². The third-order valence-electron chi connectivity index (χ3n) is 3.49. The molecule has 4 rings (SSSR count). The fourth-order valence-electron chi connectivity index (χ4n) is 2.44. The fraction of sp³-hybridized carbons (Fsp3) is 0. The van der Waals surface area contributed by atoms with Gasteiger partial charge in [-0.15, -0.1) is 11.3 Å². The number of para-hydroxylation sites is 1. The number of hydrogen-bond donors (Lipinski definition) is 1. The van der Waals surface area contributed by atoms with E-state index < -0.39 is 0 Å². The van der Waals surface area contributed by atoms with Gasteiger partial charge in [-0.05, 0) is 17.7 Å². The van der Waals surface area contributed by atoms with Gasteiger partial charge in [0.25, 0.3) is 0 Å². The van der Waals surface area contributed by atoms with Gasteiger partial charge in [-0.2, -0.15) is 0 Å². The molecule has 0 fully saturated rings. The Labute approximate surface area is 131 Å². The lowest BCUT2D eigenvalue weighted by atomic mass is 10.2. The zero-order chi connectivity index (χ0) is 14.9. The predicted octanol–water partition coefficient (Wildman–Crippen LogP) is 4.60. The highest BCUT2D eigenvalue weighted by Gasteiger charge is 2.10. The molecule has 2 N–H and O–H groups in total. The number of nitrogen functional groups attached to an aromatic ring is 1. The molecule has 0 unspecified atom stereocenters. The number of nitrogens with two attached hydrogens (primary N) is 1. The molecule has 0 aliphatic carbocycles. The number of anilines is 1. The van der Waals surface area contributed by atoms with Gasteiger partial charge in [0, 0.05) is 5.39 Å². The summed E-state index contributed by atoms with van der Waals surface area (Å²) in [6.07, 6.45) is 4.08. The lowest BCUT2D eigenvalue weighted by Gasteiger charge is -1.99. The maximum Gasteiger partial charge on any atom is 0.151 e. The van der Waals surface area contributed by atoms with Crippen molar-refractivity contribution in [1.29, 1.82) is 0 Å². The first-order valence-corrected chi connectivity index (χ1v) is 7.81. The van der Waals surface area contributed by atoms with Gasteiger partial charge in [0.2, 0.25) is 0 Å². The minimum atomic E-state index is 0.490.